The first-order valence-corrected chi connectivity index (χ1v) is 8.62. The molecule has 9 heteroatoms. The lowest BCUT2D eigenvalue weighted by Crippen LogP contribution is -2.27. The van der Waals surface area contributed by atoms with E-state index in [1.807, 2.05) is 0 Å². The summed E-state index contributed by atoms with van der Waals surface area (Å²) in [7, 11) is -3.28. The normalized spacial score (nSPS) is 12.6. The molecule has 2 rings (SSSR count). The topological polar surface area (TPSA) is 71.1 Å². The lowest BCUT2D eigenvalue weighted by Gasteiger charge is -2.13. The third-order valence-electron chi connectivity index (χ3n) is 3.07. The monoisotopic (exact) mass is 347 g/mol. The maximum atomic E-state index is 12.8. The molecular formula is C14H16F3N3O2S. The van der Waals surface area contributed by atoms with Crippen LogP contribution >= 0.6 is 0 Å². The Bertz CT molecular complexity index is 820. The van der Waals surface area contributed by atoms with Gasteiger partial charge in [0, 0.05) is 29.9 Å². The zero-order chi connectivity index (χ0) is 17.3. The third kappa shape index (κ3) is 4.80. The van der Waals surface area contributed by atoms with Gasteiger partial charge in [-0.15, -0.1) is 0 Å². The smallest absolute Gasteiger partial charge is 0.383 e. The van der Waals surface area contributed by atoms with E-state index in [9.17, 15) is 21.6 Å². The summed E-state index contributed by atoms with van der Waals surface area (Å²) in [4.78, 5) is 4.13. The van der Waals surface area contributed by atoms with E-state index < -0.39 is 21.8 Å². The van der Waals surface area contributed by atoms with Crippen molar-refractivity contribution in [3.63, 3.8) is 0 Å². The Morgan fingerprint density at radius 3 is 2.48 bits per heavy atom. The third-order valence-corrected chi connectivity index (χ3v) is 3.80. The van der Waals surface area contributed by atoms with Gasteiger partial charge >= 0.3 is 6.18 Å². The van der Waals surface area contributed by atoms with Gasteiger partial charge in [0.2, 0.25) is 10.0 Å². The van der Waals surface area contributed by atoms with Crippen molar-refractivity contribution in [1.82, 2.24) is 9.71 Å². The molecule has 0 spiro atoms. The van der Waals surface area contributed by atoms with Crippen LogP contribution in [0.3, 0.4) is 0 Å². The number of benzene rings is 1. The van der Waals surface area contributed by atoms with Crippen molar-refractivity contribution in [2.75, 3.05) is 24.7 Å². The Labute approximate surface area is 132 Å². The van der Waals surface area contributed by atoms with Gasteiger partial charge in [-0.2, -0.15) is 13.2 Å². The summed E-state index contributed by atoms with van der Waals surface area (Å²) in [6.07, 6.45) is -3.37. The number of aryl methyl sites for hydroxylation is 1. The summed E-state index contributed by atoms with van der Waals surface area (Å²) >= 11 is 0. The van der Waals surface area contributed by atoms with Gasteiger partial charge in [-0.05, 0) is 25.1 Å². The van der Waals surface area contributed by atoms with Crippen LogP contribution < -0.4 is 10.0 Å². The average Bonchev–Trinajstić information content (AvgIpc) is 2.40. The molecule has 0 radical (unpaired) electrons. The molecule has 2 N–H and O–H groups in total. The number of aromatic nitrogens is 1. The zero-order valence-corrected chi connectivity index (χ0v) is 13.3. The van der Waals surface area contributed by atoms with Crippen LogP contribution in [0, 0.1) is 6.92 Å². The lowest BCUT2D eigenvalue weighted by atomic mass is 10.1. The zero-order valence-electron chi connectivity index (χ0n) is 12.5. The van der Waals surface area contributed by atoms with Gasteiger partial charge in [0.05, 0.1) is 17.3 Å². The highest BCUT2D eigenvalue weighted by atomic mass is 32.2. The van der Waals surface area contributed by atoms with Gasteiger partial charge < -0.3 is 5.32 Å². The maximum absolute atomic E-state index is 12.8. The van der Waals surface area contributed by atoms with E-state index in [4.69, 9.17) is 0 Å². The molecular weight excluding hydrogens is 331 g/mol. The Hall–Kier alpha value is -1.87. The van der Waals surface area contributed by atoms with Crippen LogP contribution in [0.25, 0.3) is 10.9 Å². The van der Waals surface area contributed by atoms with Crippen LogP contribution in [0.5, 0.6) is 0 Å². The first-order valence-electron chi connectivity index (χ1n) is 6.73. The molecule has 1 heterocycles. The second-order valence-electron chi connectivity index (χ2n) is 5.13. The summed E-state index contributed by atoms with van der Waals surface area (Å²) in [5, 5.41) is 3.56. The van der Waals surface area contributed by atoms with Crippen molar-refractivity contribution in [3.8, 4) is 0 Å². The number of nitrogens with zero attached hydrogens (tertiary/aromatic N) is 1. The highest BCUT2D eigenvalue weighted by molar-refractivity contribution is 7.88. The number of anilines is 1. The lowest BCUT2D eigenvalue weighted by molar-refractivity contribution is -0.137. The van der Waals surface area contributed by atoms with Crippen LogP contribution in [-0.4, -0.2) is 32.7 Å². The van der Waals surface area contributed by atoms with Crippen molar-refractivity contribution in [1.29, 1.82) is 0 Å². The molecule has 0 unspecified atom stereocenters. The molecule has 1 aromatic heterocycles. The molecule has 0 fully saturated rings. The van der Waals surface area contributed by atoms with Gasteiger partial charge in [0.1, 0.15) is 0 Å². The van der Waals surface area contributed by atoms with Crippen molar-refractivity contribution in [2.45, 2.75) is 13.1 Å². The molecule has 126 valence electrons. The van der Waals surface area contributed by atoms with Crippen LogP contribution in [0.2, 0.25) is 0 Å². The Morgan fingerprint density at radius 2 is 1.87 bits per heavy atom. The standard InChI is InChI=1S/C14H16F3N3O2S/c1-9-7-12(18-5-6-19-23(2,21)22)11-4-3-10(14(15,16)17)8-13(11)20-9/h3-4,7-8,19H,5-6H2,1-2H3,(H,18,20). The molecule has 1 aromatic carbocycles. The number of alkyl halides is 3. The Kier molecular flexibility index (Phi) is 4.81. The largest absolute Gasteiger partial charge is 0.416 e. The fourth-order valence-electron chi connectivity index (χ4n) is 2.12. The van der Waals surface area contributed by atoms with E-state index in [1.165, 1.54) is 6.07 Å². The molecule has 2 aromatic rings. The van der Waals surface area contributed by atoms with E-state index >= 15 is 0 Å². The van der Waals surface area contributed by atoms with Gasteiger partial charge in [0.15, 0.2) is 0 Å². The van der Waals surface area contributed by atoms with E-state index in [-0.39, 0.29) is 12.1 Å². The van der Waals surface area contributed by atoms with Crippen molar-refractivity contribution in [2.24, 2.45) is 0 Å². The number of hydrogen-bond donors (Lipinski definition) is 2. The minimum absolute atomic E-state index is 0.169. The molecule has 0 bridgehead atoms. The predicted molar refractivity (Wildman–Crippen MR) is 82.8 cm³/mol. The van der Waals surface area contributed by atoms with Crippen molar-refractivity contribution in [3.05, 3.63) is 35.5 Å². The van der Waals surface area contributed by atoms with E-state index in [2.05, 4.69) is 15.0 Å². The average molecular weight is 347 g/mol. The first kappa shape index (κ1) is 17.5. The Balaban J connectivity index is 2.26. The SMILES string of the molecule is Cc1cc(NCCNS(C)(=O)=O)c2ccc(C(F)(F)F)cc2n1. The molecule has 0 aliphatic heterocycles. The maximum Gasteiger partial charge on any atom is 0.416 e. The number of pyridine rings is 1. The summed E-state index contributed by atoms with van der Waals surface area (Å²) in [6.45, 7) is 2.15. The number of fused-ring (bicyclic) bond motifs is 1. The minimum atomic E-state index is -4.42. The quantitative estimate of drug-likeness (QED) is 0.816. The molecule has 5 nitrogen and oxygen atoms in total. The number of halogens is 3. The summed E-state index contributed by atoms with van der Waals surface area (Å²) < 4.78 is 62.6. The molecule has 0 aliphatic rings. The molecule has 0 saturated carbocycles. The van der Waals surface area contributed by atoms with Crippen molar-refractivity contribution < 1.29 is 21.6 Å². The minimum Gasteiger partial charge on any atom is -0.383 e. The van der Waals surface area contributed by atoms with E-state index in [0.717, 1.165) is 18.4 Å². The number of rotatable bonds is 5. The number of hydrogen-bond acceptors (Lipinski definition) is 4. The molecule has 0 saturated heterocycles. The van der Waals surface area contributed by atoms with Crippen LogP contribution in [0.4, 0.5) is 18.9 Å². The van der Waals surface area contributed by atoms with Crippen LogP contribution in [0.1, 0.15) is 11.3 Å². The second kappa shape index (κ2) is 6.32. The summed E-state index contributed by atoms with van der Waals surface area (Å²) in [5.41, 5.74) is 0.651. The van der Waals surface area contributed by atoms with Gasteiger partial charge in [0.25, 0.3) is 0 Å². The van der Waals surface area contributed by atoms with Crippen LogP contribution in [0.15, 0.2) is 24.3 Å². The van der Waals surface area contributed by atoms with Crippen LogP contribution in [-0.2, 0) is 16.2 Å². The second-order valence-corrected chi connectivity index (χ2v) is 6.97. The fraction of sp³-hybridized carbons (Fsp3) is 0.357. The highest BCUT2D eigenvalue weighted by Crippen LogP contribution is 2.32. The predicted octanol–water partition coefficient (Wildman–Crippen LogP) is 2.52. The van der Waals surface area contributed by atoms with Gasteiger partial charge in [-0.1, -0.05) is 6.07 Å². The highest BCUT2D eigenvalue weighted by Gasteiger charge is 2.30. The molecule has 23 heavy (non-hydrogen) atoms. The molecule has 0 atom stereocenters. The number of sulfonamides is 1. The Morgan fingerprint density at radius 1 is 1.17 bits per heavy atom. The molecule has 0 aliphatic carbocycles. The van der Waals surface area contributed by atoms with Gasteiger partial charge in [-0.3, -0.25) is 4.98 Å². The van der Waals surface area contributed by atoms with Crippen molar-refractivity contribution >= 4 is 26.6 Å². The van der Waals surface area contributed by atoms with E-state index in [1.54, 1.807) is 13.0 Å². The van der Waals surface area contributed by atoms with E-state index in [0.29, 0.717) is 23.3 Å². The first-order chi connectivity index (χ1) is 10.6. The van der Waals surface area contributed by atoms with Gasteiger partial charge in [-0.25, -0.2) is 13.1 Å². The summed E-state index contributed by atoms with van der Waals surface area (Å²) in [5.74, 6) is 0. The molecule has 0 amide bonds. The number of nitrogens with one attached hydrogen (secondary N) is 2. The fourth-order valence-corrected chi connectivity index (χ4v) is 2.59. The summed E-state index contributed by atoms with van der Waals surface area (Å²) in [6, 6.07) is 5.06.